The first kappa shape index (κ1) is 7.80. The van der Waals surface area contributed by atoms with E-state index in [2.05, 4.69) is 38.1 Å². The number of hydrogen-bond donors (Lipinski definition) is 0. The van der Waals surface area contributed by atoms with Crippen LogP contribution in [0.2, 0.25) is 0 Å². The average Bonchev–Trinajstić information content (AvgIpc) is 1.88. The molecule has 0 saturated heterocycles. The molecule has 1 heteroatoms. The maximum absolute atomic E-state index is 2.33. The molecule has 0 radical (unpaired) electrons. The minimum Gasteiger partial charge on any atom is -0.303 e. The quantitative estimate of drug-likeness (QED) is 0.501. The van der Waals surface area contributed by atoms with Crippen LogP contribution in [0, 0.1) is 5.92 Å². The van der Waals surface area contributed by atoms with Crippen molar-refractivity contribution >= 4 is 0 Å². The van der Waals surface area contributed by atoms with Gasteiger partial charge in [0, 0.05) is 6.04 Å². The van der Waals surface area contributed by atoms with Crippen LogP contribution in [0.3, 0.4) is 0 Å². The van der Waals surface area contributed by atoms with E-state index in [0.717, 1.165) is 5.92 Å². The molecule has 0 heterocycles. The lowest BCUT2D eigenvalue weighted by atomic mass is 9.94. The SMILES string of the molecule is CC1C=CC(N(C)C)CC1. The number of nitrogens with zero attached hydrogens (tertiary/aromatic N) is 1. The van der Waals surface area contributed by atoms with Crippen LogP contribution in [-0.4, -0.2) is 25.0 Å². The molecule has 1 rings (SSSR count). The smallest absolute Gasteiger partial charge is 0.0272 e. The van der Waals surface area contributed by atoms with E-state index < -0.39 is 0 Å². The summed E-state index contributed by atoms with van der Waals surface area (Å²) in [5.41, 5.74) is 0. The van der Waals surface area contributed by atoms with Gasteiger partial charge in [-0.2, -0.15) is 0 Å². The molecular formula is C9H17N. The van der Waals surface area contributed by atoms with Crippen LogP contribution in [-0.2, 0) is 0 Å². The molecule has 1 aliphatic carbocycles. The number of rotatable bonds is 1. The third-order valence-electron chi connectivity index (χ3n) is 2.24. The second-order valence-electron chi connectivity index (χ2n) is 3.47. The van der Waals surface area contributed by atoms with Crippen molar-refractivity contribution in [2.75, 3.05) is 14.1 Å². The molecule has 2 unspecified atom stereocenters. The molecule has 0 aromatic heterocycles. The van der Waals surface area contributed by atoms with Crippen LogP contribution in [0.1, 0.15) is 19.8 Å². The summed E-state index contributed by atoms with van der Waals surface area (Å²) >= 11 is 0. The zero-order valence-corrected chi connectivity index (χ0v) is 7.17. The molecule has 10 heavy (non-hydrogen) atoms. The Morgan fingerprint density at radius 1 is 1.20 bits per heavy atom. The van der Waals surface area contributed by atoms with E-state index in [1.165, 1.54) is 12.8 Å². The van der Waals surface area contributed by atoms with Gasteiger partial charge in [0.15, 0.2) is 0 Å². The van der Waals surface area contributed by atoms with Crippen LogP contribution in [0.25, 0.3) is 0 Å². The summed E-state index contributed by atoms with van der Waals surface area (Å²) in [6, 6.07) is 0.691. The second kappa shape index (κ2) is 3.20. The van der Waals surface area contributed by atoms with Gasteiger partial charge < -0.3 is 4.90 Å². The van der Waals surface area contributed by atoms with Crippen molar-refractivity contribution in [3.05, 3.63) is 12.2 Å². The Kier molecular flexibility index (Phi) is 2.50. The second-order valence-corrected chi connectivity index (χ2v) is 3.47. The van der Waals surface area contributed by atoms with Crippen molar-refractivity contribution in [2.24, 2.45) is 5.92 Å². The van der Waals surface area contributed by atoms with Gasteiger partial charge in [0.05, 0.1) is 0 Å². The van der Waals surface area contributed by atoms with E-state index in [4.69, 9.17) is 0 Å². The summed E-state index contributed by atoms with van der Waals surface area (Å²) in [6.45, 7) is 2.28. The first-order valence-corrected chi connectivity index (χ1v) is 4.05. The molecule has 0 spiro atoms. The summed E-state index contributed by atoms with van der Waals surface area (Å²) in [7, 11) is 4.29. The highest BCUT2D eigenvalue weighted by molar-refractivity contribution is 5.00. The largest absolute Gasteiger partial charge is 0.303 e. The Morgan fingerprint density at radius 3 is 2.30 bits per heavy atom. The zero-order chi connectivity index (χ0) is 7.56. The number of allylic oxidation sites excluding steroid dienone is 1. The van der Waals surface area contributed by atoms with Gasteiger partial charge >= 0.3 is 0 Å². The van der Waals surface area contributed by atoms with Crippen molar-refractivity contribution in [3.63, 3.8) is 0 Å². The van der Waals surface area contributed by atoms with Gasteiger partial charge in [-0.05, 0) is 32.9 Å². The normalized spacial score (nSPS) is 33.2. The van der Waals surface area contributed by atoms with E-state index in [1.807, 2.05) is 0 Å². The van der Waals surface area contributed by atoms with Gasteiger partial charge in [-0.25, -0.2) is 0 Å². The summed E-state index contributed by atoms with van der Waals surface area (Å²) in [5.74, 6) is 0.802. The predicted molar refractivity (Wildman–Crippen MR) is 45.0 cm³/mol. The zero-order valence-electron chi connectivity index (χ0n) is 7.17. The average molecular weight is 139 g/mol. The molecule has 1 nitrogen and oxygen atoms in total. The van der Waals surface area contributed by atoms with Crippen LogP contribution >= 0.6 is 0 Å². The van der Waals surface area contributed by atoms with Gasteiger partial charge in [0.1, 0.15) is 0 Å². The molecule has 0 amide bonds. The molecule has 1 aliphatic rings. The molecule has 58 valence electrons. The maximum atomic E-state index is 2.33. The Bertz CT molecular complexity index is 127. The van der Waals surface area contributed by atoms with Crippen LogP contribution < -0.4 is 0 Å². The monoisotopic (exact) mass is 139 g/mol. The lowest BCUT2D eigenvalue weighted by Crippen LogP contribution is -2.28. The molecule has 0 aliphatic heterocycles. The maximum Gasteiger partial charge on any atom is 0.0272 e. The molecule has 0 aromatic carbocycles. The van der Waals surface area contributed by atoms with Crippen LogP contribution in [0.4, 0.5) is 0 Å². The van der Waals surface area contributed by atoms with Crippen molar-refractivity contribution < 1.29 is 0 Å². The fourth-order valence-corrected chi connectivity index (χ4v) is 1.37. The summed E-state index contributed by atoms with van der Waals surface area (Å²) in [4.78, 5) is 2.28. The minimum absolute atomic E-state index is 0.691. The van der Waals surface area contributed by atoms with Gasteiger partial charge in [-0.15, -0.1) is 0 Å². The Balaban J connectivity index is 2.45. The molecule has 0 aromatic rings. The first-order chi connectivity index (χ1) is 4.70. The predicted octanol–water partition coefficient (Wildman–Crippen LogP) is 1.90. The van der Waals surface area contributed by atoms with E-state index >= 15 is 0 Å². The molecule has 2 atom stereocenters. The fraction of sp³-hybridized carbons (Fsp3) is 0.778. The molecular weight excluding hydrogens is 122 g/mol. The van der Waals surface area contributed by atoms with Crippen molar-refractivity contribution in [3.8, 4) is 0 Å². The van der Waals surface area contributed by atoms with Crippen molar-refractivity contribution in [2.45, 2.75) is 25.8 Å². The van der Waals surface area contributed by atoms with Crippen LogP contribution in [0.5, 0.6) is 0 Å². The van der Waals surface area contributed by atoms with E-state index in [9.17, 15) is 0 Å². The molecule has 0 fully saturated rings. The highest BCUT2D eigenvalue weighted by atomic mass is 15.1. The van der Waals surface area contributed by atoms with Gasteiger partial charge in [-0.3, -0.25) is 0 Å². The highest BCUT2D eigenvalue weighted by Gasteiger charge is 2.13. The van der Waals surface area contributed by atoms with E-state index in [-0.39, 0.29) is 0 Å². The highest BCUT2D eigenvalue weighted by Crippen LogP contribution is 2.18. The molecule has 0 bridgehead atoms. The van der Waals surface area contributed by atoms with Gasteiger partial charge in [-0.1, -0.05) is 19.1 Å². The van der Waals surface area contributed by atoms with Gasteiger partial charge in [0.2, 0.25) is 0 Å². The summed E-state index contributed by atoms with van der Waals surface area (Å²) in [5, 5.41) is 0. The molecule has 0 saturated carbocycles. The summed E-state index contributed by atoms with van der Waals surface area (Å²) < 4.78 is 0. The minimum atomic E-state index is 0.691. The summed E-state index contributed by atoms with van der Waals surface area (Å²) in [6.07, 6.45) is 7.33. The molecule has 0 N–H and O–H groups in total. The number of likely N-dealkylation sites (N-methyl/N-ethyl adjacent to an activating group) is 1. The third-order valence-corrected chi connectivity index (χ3v) is 2.24. The number of hydrogen-bond acceptors (Lipinski definition) is 1. The van der Waals surface area contributed by atoms with Gasteiger partial charge in [0.25, 0.3) is 0 Å². The van der Waals surface area contributed by atoms with Crippen molar-refractivity contribution in [1.82, 2.24) is 4.90 Å². The van der Waals surface area contributed by atoms with Crippen molar-refractivity contribution in [1.29, 1.82) is 0 Å². The third kappa shape index (κ3) is 1.84. The lowest BCUT2D eigenvalue weighted by Gasteiger charge is -2.25. The first-order valence-electron chi connectivity index (χ1n) is 4.05. The van der Waals surface area contributed by atoms with E-state index in [1.54, 1.807) is 0 Å². The fourth-order valence-electron chi connectivity index (χ4n) is 1.37. The Morgan fingerprint density at radius 2 is 1.90 bits per heavy atom. The standard InChI is InChI=1S/C9H17N/c1-8-4-6-9(7-5-8)10(2)3/h4,6,8-9H,5,7H2,1-3H3. The Hall–Kier alpha value is -0.300. The van der Waals surface area contributed by atoms with E-state index in [0.29, 0.717) is 6.04 Å². The van der Waals surface area contributed by atoms with Crippen LogP contribution in [0.15, 0.2) is 12.2 Å². The Labute approximate surface area is 63.7 Å². The lowest BCUT2D eigenvalue weighted by molar-refractivity contribution is 0.303. The topological polar surface area (TPSA) is 3.24 Å².